The van der Waals surface area contributed by atoms with Crippen molar-refractivity contribution in [3.63, 3.8) is 0 Å². The number of guanidine groups is 1. The van der Waals surface area contributed by atoms with Crippen molar-refractivity contribution in [2.75, 3.05) is 26.7 Å². The van der Waals surface area contributed by atoms with Crippen LogP contribution in [0, 0.1) is 17.8 Å². The first-order chi connectivity index (χ1) is 34.1. The van der Waals surface area contributed by atoms with Gasteiger partial charge in [-0.1, -0.05) is 66.5 Å². The zero-order valence-corrected chi connectivity index (χ0v) is 42.8. The lowest BCUT2D eigenvalue weighted by molar-refractivity contribution is -0.146. The minimum Gasteiger partial charge on any atom is -0.508 e. The molecule has 1 fully saturated rings. The van der Waals surface area contributed by atoms with Gasteiger partial charge in [-0.25, -0.2) is 9.78 Å². The number of aliphatic imine (C=N–C) groups is 1. The standard InChI is InChI=1S/C49H79N13O10/c1-8-29(5)40(45(68)57-35(25-32-26-53-27-55-32)46(69)62-23-13-15-36(62)43(66)60-41(48(71)72)30(6)9-2)59-44(67)37(24-31-17-19-33(63)20-18-31)61(7)47(70)39(28(3)4)58-42(65)34(14-12-22-54-49(51)52)56-38(64)16-10-11-21-50/h17-20,26-30,34-37,39-41,63H,8-16,21-25,50H2,1-7H3,(H,53,55)(H,56,64)(H,57,68)(H,58,65)(H,59,67)(H,60,66)(H,71,72)(H4,51,52,54)/t29-,30-,34-,35-,36-,37-,39-,40-,41-/m0/s1. The number of nitrogens with zero attached hydrogens (tertiary/aromatic N) is 4. The van der Waals surface area contributed by atoms with Gasteiger partial charge in [0.15, 0.2) is 5.96 Å². The predicted molar refractivity (Wildman–Crippen MR) is 269 cm³/mol. The van der Waals surface area contributed by atoms with Crippen LogP contribution in [0.5, 0.6) is 5.75 Å². The molecular formula is C49H79N13O10. The van der Waals surface area contributed by atoms with Crippen LogP contribution in [0.15, 0.2) is 41.8 Å². The Morgan fingerprint density at radius 3 is 2.07 bits per heavy atom. The van der Waals surface area contributed by atoms with Crippen LogP contribution in [-0.2, 0) is 51.2 Å². The van der Waals surface area contributed by atoms with E-state index >= 15 is 0 Å². The molecule has 1 aliphatic rings. The van der Waals surface area contributed by atoms with Gasteiger partial charge in [-0.05, 0) is 80.5 Å². The second kappa shape index (κ2) is 29.5. The summed E-state index contributed by atoms with van der Waals surface area (Å²) in [5.74, 6) is -7.15. The Morgan fingerprint density at radius 1 is 0.833 bits per heavy atom. The Balaban J connectivity index is 1.96. The number of aromatic amines is 1. The minimum absolute atomic E-state index is 0.0322. The van der Waals surface area contributed by atoms with Crippen molar-refractivity contribution in [1.29, 1.82) is 0 Å². The van der Waals surface area contributed by atoms with E-state index in [-0.39, 0.29) is 68.7 Å². The lowest BCUT2D eigenvalue weighted by atomic mass is 9.95. The number of likely N-dealkylation sites (tertiary alicyclic amines) is 1. The number of benzene rings is 1. The molecule has 72 heavy (non-hydrogen) atoms. The number of rotatable bonds is 30. The molecule has 2 heterocycles. The van der Waals surface area contributed by atoms with Crippen molar-refractivity contribution in [1.82, 2.24) is 46.4 Å². The fourth-order valence-electron chi connectivity index (χ4n) is 8.33. The molecule has 400 valence electrons. The molecule has 1 aromatic carbocycles. The lowest BCUT2D eigenvalue weighted by Gasteiger charge is -2.35. The van der Waals surface area contributed by atoms with Gasteiger partial charge in [0.2, 0.25) is 41.4 Å². The third-order valence-electron chi connectivity index (χ3n) is 13.2. The molecule has 1 aliphatic heterocycles. The van der Waals surface area contributed by atoms with Gasteiger partial charge in [0.1, 0.15) is 48.0 Å². The van der Waals surface area contributed by atoms with E-state index < -0.39 is 95.5 Å². The molecule has 1 saturated heterocycles. The number of nitrogens with two attached hydrogens (primary N) is 3. The Morgan fingerprint density at radius 2 is 1.49 bits per heavy atom. The number of phenols is 1. The summed E-state index contributed by atoms with van der Waals surface area (Å²) in [4.78, 5) is 125. The number of H-pyrrole nitrogens is 1. The van der Waals surface area contributed by atoms with Crippen LogP contribution in [-0.4, -0.2) is 152 Å². The zero-order chi connectivity index (χ0) is 53.7. The van der Waals surface area contributed by atoms with E-state index in [9.17, 15) is 48.6 Å². The summed E-state index contributed by atoms with van der Waals surface area (Å²) in [6.07, 6.45) is 6.03. The van der Waals surface area contributed by atoms with Crippen molar-refractivity contribution in [2.24, 2.45) is 39.9 Å². The number of aliphatic carboxylic acids is 1. The number of phenolic OH excluding ortho intramolecular Hbond substituents is 1. The number of hydrogen-bond acceptors (Lipinski definition) is 12. The molecule has 3 rings (SSSR count). The van der Waals surface area contributed by atoms with Crippen LogP contribution in [0.4, 0.5) is 0 Å². The predicted octanol–water partition coefficient (Wildman–Crippen LogP) is 0.158. The molecule has 0 aliphatic carbocycles. The summed E-state index contributed by atoms with van der Waals surface area (Å²) in [6.45, 7) is 11.3. The topological polar surface area (TPSA) is 363 Å². The number of unbranched alkanes of at least 4 members (excludes halogenated alkanes) is 1. The number of imidazole rings is 1. The number of hydrogen-bond donors (Lipinski definition) is 11. The number of carboxylic acid groups (broad SMARTS) is 1. The quantitative estimate of drug-likeness (QED) is 0.0282. The first-order valence-corrected chi connectivity index (χ1v) is 24.9. The van der Waals surface area contributed by atoms with Gasteiger partial charge in [-0.2, -0.15) is 0 Å². The van der Waals surface area contributed by atoms with Crippen LogP contribution < -0.4 is 43.8 Å². The summed E-state index contributed by atoms with van der Waals surface area (Å²) in [6, 6.07) is -2.24. The summed E-state index contributed by atoms with van der Waals surface area (Å²) < 4.78 is 0. The van der Waals surface area contributed by atoms with E-state index in [2.05, 4.69) is 41.5 Å². The Hall–Kier alpha value is -6.78. The molecule has 23 nitrogen and oxygen atoms in total. The number of carboxylic acids is 1. The van der Waals surface area contributed by atoms with Crippen molar-refractivity contribution >= 4 is 53.3 Å². The Kier molecular flexibility index (Phi) is 24.4. The third kappa shape index (κ3) is 18.1. The van der Waals surface area contributed by atoms with Crippen molar-refractivity contribution in [3.8, 4) is 5.75 Å². The van der Waals surface area contributed by atoms with Crippen LogP contribution in [0.2, 0.25) is 0 Å². The molecule has 0 spiro atoms. The van der Waals surface area contributed by atoms with Crippen molar-refractivity contribution < 1.29 is 48.6 Å². The maximum atomic E-state index is 14.8. The monoisotopic (exact) mass is 1010 g/mol. The van der Waals surface area contributed by atoms with E-state index in [0.29, 0.717) is 56.3 Å². The van der Waals surface area contributed by atoms with Gasteiger partial charge in [0, 0.05) is 51.3 Å². The smallest absolute Gasteiger partial charge is 0.326 e. The van der Waals surface area contributed by atoms with E-state index in [1.165, 1.54) is 41.5 Å². The van der Waals surface area contributed by atoms with Gasteiger partial charge < -0.3 is 68.8 Å². The van der Waals surface area contributed by atoms with Gasteiger partial charge in [-0.3, -0.25) is 38.6 Å². The average molecular weight is 1010 g/mol. The zero-order valence-electron chi connectivity index (χ0n) is 42.8. The highest BCUT2D eigenvalue weighted by molar-refractivity contribution is 5.98. The van der Waals surface area contributed by atoms with Gasteiger partial charge in [0.05, 0.1) is 6.33 Å². The molecular weight excluding hydrogens is 931 g/mol. The number of carbonyl (C=O) groups is 8. The first kappa shape index (κ1) is 59.5. The molecule has 23 heteroatoms. The first-order valence-electron chi connectivity index (χ1n) is 24.9. The van der Waals surface area contributed by atoms with E-state index in [1.54, 1.807) is 39.8 Å². The summed E-state index contributed by atoms with van der Waals surface area (Å²) >= 11 is 0. The summed E-state index contributed by atoms with van der Waals surface area (Å²) in [7, 11) is 1.40. The number of carbonyl (C=O) groups excluding carboxylic acids is 7. The summed E-state index contributed by atoms with van der Waals surface area (Å²) in [5, 5.41) is 33.8. The van der Waals surface area contributed by atoms with Gasteiger partial charge in [-0.15, -0.1) is 0 Å². The number of amides is 7. The molecule has 9 atom stereocenters. The molecule has 14 N–H and O–H groups in total. The van der Waals surface area contributed by atoms with Crippen LogP contribution in [0.25, 0.3) is 0 Å². The Labute approximate surface area is 422 Å². The number of likely N-dealkylation sites (N-methyl/N-ethyl adjacent to an activating group) is 1. The van der Waals surface area contributed by atoms with Gasteiger partial charge >= 0.3 is 5.97 Å². The molecule has 2 aromatic rings. The lowest BCUT2D eigenvalue weighted by Crippen LogP contribution is -2.62. The Bertz CT molecular complexity index is 2130. The fourth-order valence-corrected chi connectivity index (χ4v) is 8.33. The number of nitrogens with one attached hydrogen (secondary N) is 6. The van der Waals surface area contributed by atoms with Gasteiger partial charge in [0.25, 0.3) is 0 Å². The third-order valence-corrected chi connectivity index (χ3v) is 13.2. The maximum Gasteiger partial charge on any atom is 0.326 e. The molecule has 0 bridgehead atoms. The second-order valence-corrected chi connectivity index (χ2v) is 19.0. The number of aromatic hydroxyl groups is 1. The highest BCUT2D eigenvalue weighted by atomic mass is 16.4. The van der Waals surface area contributed by atoms with Crippen molar-refractivity contribution in [2.45, 2.75) is 154 Å². The van der Waals surface area contributed by atoms with Crippen LogP contribution in [0.1, 0.15) is 111 Å². The van der Waals surface area contributed by atoms with Crippen molar-refractivity contribution in [3.05, 3.63) is 48.0 Å². The number of aromatic nitrogens is 2. The molecule has 7 amide bonds. The van der Waals surface area contributed by atoms with Crippen LogP contribution in [0.3, 0.4) is 0 Å². The highest BCUT2D eigenvalue weighted by Crippen LogP contribution is 2.22. The van der Waals surface area contributed by atoms with Crippen LogP contribution >= 0.6 is 0 Å². The maximum absolute atomic E-state index is 14.8. The van der Waals surface area contributed by atoms with E-state index in [1.807, 2.05) is 13.8 Å². The normalized spacial score (nSPS) is 16.7. The largest absolute Gasteiger partial charge is 0.508 e. The minimum atomic E-state index is -1.30. The molecule has 1 aromatic heterocycles. The van der Waals surface area contributed by atoms with E-state index in [0.717, 1.165) is 0 Å². The SMILES string of the molecule is CC[C@H](C)[C@H](NC(=O)[C@@H]1CCCN1C(=O)[C@H](Cc1cnc[nH]1)NC(=O)[C@@H](NC(=O)[C@H](Cc1ccc(O)cc1)N(C)C(=O)[C@@H](NC(=O)[C@H](CCCN=C(N)N)NC(=O)CCCCN)C(C)C)[C@@H](C)CC)C(=O)O. The molecule has 0 radical (unpaired) electrons. The fraction of sp³-hybridized carbons (Fsp3) is 0.633. The highest BCUT2D eigenvalue weighted by Gasteiger charge is 2.42. The molecule has 0 saturated carbocycles. The summed E-state index contributed by atoms with van der Waals surface area (Å²) in [5.41, 5.74) is 17.6. The van der Waals surface area contributed by atoms with E-state index in [4.69, 9.17) is 17.2 Å². The molecule has 0 unspecified atom stereocenters. The second-order valence-electron chi connectivity index (χ2n) is 19.0. The average Bonchev–Trinajstić information content (AvgIpc) is 4.06.